The minimum absolute atomic E-state index is 0.0692. The number of hydrogen-bond acceptors (Lipinski definition) is 6. The van der Waals surface area contributed by atoms with Gasteiger partial charge in [-0.05, 0) is 38.8 Å². The van der Waals surface area contributed by atoms with Crippen LogP contribution in [0.5, 0.6) is 0 Å². The van der Waals surface area contributed by atoms with Gasteiger partial charge in [-0.15, -0.1) is 0 Å². The first-order chi connectivity index (χ1) is 15.0. The number of ketones is 1. The fourth-order valence-corrected chi connectivity index (χ4v) is 4.18. The number of furan rings is 1. The van der Waals surface area contributed by atoms with Gasteiger partial charge in [-0.25, -0.2) is 4.79 Å². The molecule has 7 nitrogen and oxygen atoms in total. The van der Waals surface area contributed by atoms with Gasteiger partial charge in [0.25, 0.3) is 0 Å². The molecule has 0 amide bonds. The van der Waals surface area contributed by atoms with Crippen molar-refractivity contribution in [1.82, 2.24) is 4.57 Å². The van der Waals surface area contributed by atoms with Crippen molar-refractivity contribution in [2.75, 3.05) is 20.3 Å². The number of methoxy groups -OCH3 is 1. The van der Waals surface area contributed by atoms with Crippen LogP contribution in [0, 0.1) is 13.8 Å². The van der Waals surface area contributed by atoms with E-state index in [0.717, 1.165) is 42.8 Å². The van der Waals surface area contributed by atoms with E-state index in [-0.39, 0.29) is 30.9 Å². The van der Waals surface area contributed by atoms with Crippen LogP contribution in [0.25, 0.3) is 11.0 Å². The summed E-state index contributed by atoms with van der Waals surface area (Å²) in [5.41, 5.74) is 3.60. The molecule has 4 rings (SSSR count). The first-order valence-electron chi connectivity index (χ1n) is 10.5. The van der Waals surface area contributed by atoms with Crippen molar-refractivity contribution < 1.29 is 28.2 Å². The number of carbonyl (C=O) groups excluding carboxylic acids is 2. The van der Waals surface area contributed by atoms with Crippen LogP contribution in [0.4, 0.5) is 0 Å². The van der Waals surface area contributed by atoms with Crippen molar-refractivity contribution in [2.45, 2.75) is 45.9 Å². The van der Waals surface area contributed by atoms with E-state index in [4.69, 9.17) is 18.6 Å². The molecule has 0 saturated carbocycles. The standard InChI is InChI=1S/C24H27NO6/c1-15-11-19(16(2)25(15)12-17-7-6-10-29-17)21(26)14-30-24(27)23-20(13-28-3)18-8-4-5-9-22(18)31-23/h4-5,8-9,11,17H,6-7,10,12-14H2,1-3H3/t17-/m1/s1. The Balaban J connectivity index is 1.47. The molecule has 0 aliphatic carbocycles. The van der Waals surface area contributed by atoms with Crippen LogP contribution in [0.1, 0.15) is 50.7 Å². The summed E-state index contributed by atoms with van der Waals surface area (Å²) < 4.78 is 24.1. The molecule has 164 valence electrons. The molecular formula is C24H27NO6. The second-order valence-electron chi connectivity index (χ2n) is 7.87. The number of Topliss-reactive ketones (excluding diaryl/α,β-unsaturated/α-hetero) is 1. The van der Waals surface area contributed by atoms with Crippen LogP contribution in [0.3, 0.4) is 0 Å². The molecule has 0 spiro atoms. The minimum Gasteiger partial charge on any atom is -0.451 e. The zero-order valence-corrected chi connectivity index (χ0v) is 18.1. The lowest BCUT2D eigenvalue weighted by Gasteiger charge is -2.14. The van der Waals surface area contributed by atoms with Crippen molar-refractivity contribution >= 4 is 22.7 Å². The molecule has 1 saturated heterocycles. The molecule has 2 aromatic heterocycles. The fraction of sp³-hybridized carbons (Fsp3) is 0.417. The Bertz CT molecular complexity index is 1100. The molecule has 3 aromatic rings. The first kappa shape index (κ1) is 21.3. The van der Waals surface area contributed by atoms with Gasteiger partial charge in [0.2, 0.25) is 11.5 Å². The molecule has 7 heteroatoms. The number of aromatic nitrogens is 1. The molecule has 0 bridgehead atoms. The molecule has 1 aliphatic heterocycles. The summed E-state index contributed by atoms with van der Waals surface area (Å²) >= 11 is 0. The van der Waals surface area contributed by atoms with E-state index >= 15 is 0 Å². The molecule has 1 aliphatic rings. The molecule has 1 fully saturated rings. The zero-order valence-electron chi connectivity index (χ0n) is 18.1. The zero-order chi connectivity index (χ0) is 22.0. The monoisotopic (exact) mass is 425 g/mol. The average Bonchev–Trinajstić information content (AvgIpc) is 3.47. The number of ether oxygens (including phenoxy) is 3. The normalized spacial score (nSPS) is 16.2. The summed E-state index contributed by atoms with van der Waals surface area (Å²) in [5.74, 6) is -0.853. The third-order valence-electron chi connectivity index (χ3n) is 5.79. The van der Waals surface area contributed by atoms with Crippen LogP contribution in [-0.2, 0) is 27.4 Å². The Morgan fingerprint density at radius 1 is 1.23 bits per heavy atom. The number of nitrogens with zero attached hydrogens (tertiary/aromatic N) is 1. The van der Waals surface area contributed by atoms with Crippen molar-refractivity contribution in [3.63, 3.8) is 0 Å². The summed E-state index contributed by atoms with van der Waals surface area (Å²) in [7, 11) is 1.55. The van der Waals surface area contributed by atoms with Gasteiger partial charge >= 0.3 is 5.97 Å². The van der Waals surface area contributed by atoms with E-state index < -0.39 is 5.97 Å². The van der Waals surface area contributed by atoms with Gasteiger partial charge in [0.15, 0.2) is 6.61 Å². The maximum atomic E-state index is 12.8. The van der Waals surface area contributed by atoms with Gasteiger partial charge in [-0.3, -0.25) is 4.79 Å². The molecule has 3 heterocycles. The highest BCUT2D eigenvalue weighted by Crippen LogP contribution is 2.27. The van der Waals surface area contributed by atoms with Crippen molar-refractivity contribution in [3.8, 4) is 0 Å². The number of benzene rings is 1. The van der Waals surface area contributed by atoms with Crippen LogP contribution in [0.2, 0.25) is 0 Å². The van der Waals surface area contributed by atoms with Gasteiger partial charge in [0, 0.05) is 48.2 Å². The molecular weight excluding hydrogens is 398 g/mol. The first-order valence-corrected chi connectivity index (χ1v) is 10.5. The number of rotatable bonds is 8. The second kappa shape index (κ2) is 9.08. The molecule has 0 radical (unpaired) electrons. The van der Waals surface area contributed by atoms with Gasteiger partial charge in [0.05, 0.1) is 12.7 Å². The fourth-order valence-electron chi connectivity index (χ4n) is 4.18. The lowest BCUT2D eigenvalue weighted by molar-refractivity contribution is 0.0440. The van der Waals surface area contributed by atoms with Gasteiger partial charge < -0.3 is 23.2 Å². The van der Waals surface area contributed by atoms with Crippen molar-refractivity contribution in [3.05, 3.63) is 58.6 Å². The topological polar surface area (TPSA) is 79.9 Å². The predicted octanol–water partition coefficient (Wildman–Crippen LogP) is 4.22. The van der Waals surface area contributed by atoms with E-state index in [1.165, 1.54) is 0 Å². The molecule has 0 unspecified atom stereocenters. The maximum absolute atomic E-state index is 12.8. The minimum atomic E-state index is -0.676. The number of carbonyl (C=O) groups is 2. The van der Waals surface area contributed by atoms with Crippen LogP contribution in [-0.4, -0.2) is 42.7 Å². The third-order valence-corrected chi connectivity index (χ3v) is 5.79. The smallest absolute Gasteiger partial charge is 0.375 e. The van der Waals surface area contributed by atoms with Crippen LogP contribution < -0.4 is 0 Å². The number of aryl methyl sites for hydroxylation is 1. The van der Waals surface area contributed by atoms with Crippen LogP contribution >= 0.6 is 0 Å². The van der Waals surface area contributed by atoms with E-state index in [2.05, 4.69) is 4.57 Å². The highest BCUT2D eigenvalue weighted by Gasteiger charge is 2.25. The van der Waals surface area contributed by atoms with E-state index in [1.54, 1.807) is 13.2 Å². The van der Waals surface area contributed by atoms with Gasteiger partial charge in [0.1, 0.15) is 5.58 Å². The number of fused-ring (bicyclic) bond motifs is 1. The Morgan fingerprint density at radius 2 is 2.03 bits per heavy atom. The lowest BCUT2D eigenvalue weighted by atomic mass is 10.1. The molecule has 1 atom stereocenters. The summed E-state index contributed by atoms with van der Waals surface area (Å²) in [5, 5.41) is 0.792. The van der Waals surface area contributed by atoms with E-state index in [0.29, 0.717) is 16.7 Å². The summed E-state index contributed by atoms with van der Waals surface area (Å²) in [6.45, 7) is 5.25. The quantitative estimate of drug-likeness (QED) is 0.397. The average molecular weight is 425 g/mol. The number of esters is 1. The van der Waals surface area contributed by atoms with Crippen molar-refractivity contribution in [1.29, 1.82) is 0 Å². The highest BCUT2D eigenvalue weighted by atomic mass is 16.5. The second-order valence-corrected chi connectivity index (χ2v) is 7.87. The van der Waals surface area contributed by atoms with E-state index in [1.807, 2.05) is 38.1 Å². The Labute approximate surface area is 180 Å². The molecule has 1 aromatic carbocycles. The van der Waals surface area contributed by atoms with Crippen LogP contribution in [0.15, 0.2) is 34.7 Å². The lowest BCUT2D eigenvalue weighted by Crippen LogP contribution is -2.18. The van der Waals surface area contributed by atoms with Crippen molar-refractivity contribution in [2.24, 2.45) is 0 Å². The van der Waals surface area contributed by atoms with Gasteiger partial charge in [-0.2, -0.15) is 0 Å². The predicted molar refractivity (Wildman–Crippen MR) is 114 cm³/mol. The summed E-state index contributed by atoms with van der Waals surface area (Å²) in [6, 6.07) is 9.17. The number of hydrogen-bond donors (Lipinski definition) is 0. The molecule has 0 N–H and O–H groups in total. The Kier molecular flexibility index (Phi) is 6.25. The molecule has 31 heavy (non-hydrogen) atoms. The third kappa shape index (κ3) is 4.29. The summed E-state index contributed by atoms with van der Waals surface area (Å²) in [4.78, 5) is 25.5. The number of para-hydroxylation sites is 1. The van der Waals surface area contributed by atoms with Gasteiger partial charge in [-0.1, -0.05) is 18.2 Å². The largest absolute Gasteiger partial charge is 0.451 e. The highest BCUT2D eigenvalue weighted by molar-refractivity contribution is 6.01. The maximum Gasteiger partial charge on any atom is 0.375 e. The van der Waals surface area contributed by atoms with E-state index in [9.17, 15) is 9.59 Å². The Morgan fingerprint density at radius 3 is 2.77 bits per heavy atom. The summed E-state index contributed by atoms with van der Waals surface area (Å²) in [6.07, 6.45) is 2.27. The Hall–Kier alpha value is -2.90. The SMILES string of the molecule is COCc1c(C(=O)OCC(=O)c2cc(C)n(C[C@H]3CCCO3)c2C)oc2ccccc12.